The average molecular weight is 297 g/mol. The number of nitrogens with one attached hydrogen (secondary N) is 1. The zero-order chi connectivity index (χ0) is 15.2. The summed E-state index contributed by atoms with van der Waals surface area (Å²) in [5, 5.41) is 3.17. The molecule has 1 saturated heterocycles. The molecule has 1 N–H and O–H groups in total. The van der Waals surface area contributed by atoms with Gasteiger partial charge in [0.25, 0.3) is 0 Å². The van der Waals surface area contributed by atoms with Crippen molar-refractivity contribution in [2.45, 2.75) is 18.9 Å². The molecular weight excluding hydrogens is 272 g/mol. The van der Waals surface area contributed by atoms with E-state index in [-0.39, 0.29) is 6.04 Å². The fraction of sp³-hybridized carbons (Fsp3) is 0.625. The number of halogens is 2. The van der Waals surface area contributed by atoms with Crippen LogP contribution in [0.4, 0.5) is 8.78 Å². The number of hydrogen-bond donors (Lipinski definition) is 1. The molecule has 0 bridgehead atoms. The van der Waals surface area contributed by atoms with Crippen LogP contribution in [0.3, 0.4) is 0 Å². The van der Waals surface area contributed by atoms with Gasteiger partial charge in [0.05, 0.1) is 0 Å². The van der Waals surface area contributed by atoms with Crippen LogP contribution in [-0.2, 0) is 0 Å². The van der Waals surface area contributed by atoms with Crippen molar-refractivity contribution in [3.63, 3.8) is 0 Å². The molecule has 0 saturated carbocycles. The van der Waals surface area contributed by atoms with Gasteiger partial charge in [0.1, 0.15) is 11.6 Å². The van der Waals surface area contributed by atoms with Crippen molar-refractivity contribution in [3.05, 3.63) is 35.4 Å². The number of rotatable bonds is 5. The fourth-order valence-electron chi connectivity index (χ4n) is 2.89. The summed E-state index contributed by atoms with van der Waals surface area (Å²) in [6, 6.07) is 3.73. The number of hydrogen-bond acceptors (Lipinski definition) is 3. The van der Waals surface area contributed by atoms with Gasteiger partial charge >= 0.3 is 0 Å². The lowest BCUT2D eigenvalue weighted by atomic mass is 10.0. The predicted molar refractivity (Wildman–Crippen MR) is 81.3 cm³/mol. The minimum Gasteiger partial charge on any atom is -0.313 e. The van der Waals surface area contributed by atoms with Crippen LogP contribution in [0.25, 0.3) is 0 Å². The summed E-state index contributed by atoms with van der Waals surface area (Å²) in [6.45, 7) is 5.32. The highest BCUT2D eigenvalue weighted by atomic mass is 19.1. The Morgan fingerprint density at radius 2 is 1.81 bits per heavy atom. The molecule has 1 aromatic rings. The topological polar surface area (TPSA) is 18.5 Å². The SMILES string of the molecule is CNC(CCN1CCCN(C)CC1)c1cc(F)cc(F)c1. The van der Waals surface area contributed by atoms with E-state index in [1.807, 2.05) is 7.05 Å². The van der Waals surface area contributed by atoms with Gasteiger partial charge in [0, 0.05) is 25.2 Å². The molecule has 1 unspecified atom stereocenters. The predicted octanol–water partition coefficient (Wildman–Crippen LogP) is 2.25. The lowest BCUT2D eigenvalue weighted by molar-refractivity contribution is 0.262. The van der Waals surface area contributed by atoms with Gasteiger partial charge in [-0.2, -0.15) is 0 Å². The van der Waals surface area contributed by atoms with Crippen molar-refractivity contribution < 1.29 is 8.78 Å². The highest BCUT2D eigenvalue weighted by Crippen LogP contribution is 2.20. The summed E-state index contributed by atoms with van der Waals surface area (Å²) in [5.74, 6) is -1.02. The first-order chi connectivity index (χ1) is 10.1. The maximum Gasteiger partial charge on any atom is 0.126 e. The first kappa shape index (κ1) is 16.3. The zero-order valence-electron chi connectivity index (χ0n) is 12.9. The quantitative estimate of drug-likeness (QED) is 0.899. The zero-order valence-corrected chi connectivity index (χ0v) is 12.9. The molecule has 0 amide bonds. The Morgan fingerprint density at radius 3 is 2.48 bits per heavy atom. The van der Waals surface area contributed by atoms with Gasteiger partial charge < -0.3 is 15.1 Å². The Kier molecular flexibility index (Phi) is 6.08. The van der Waals surface area contributed by atoms with E-state index in [0.717, 1.165) is 45.2 Å². The van der Waals surface area contributed by atoms with E-state index in [1.54, 1.807) is 0 Å². The lowest BCUT2D eigenvalue weighted by Gasteiger charge is -2.24. The molecule has 1 aliphatic heterocycles. The molecule has 1 fully saturated rings. The van der Waals surface area contributed by atoms with Crippen LogP contribution in [-0.4, -0.2) is 56.6 Å². The molecule has 0 spiro atoms. The standard InChI is InChI=1S/C16H25F2N3/c1-19-16(13-10-14(17)12-15(18)11-13)4-7-21-6-3-5-20(2)8-9-21/h10-12,16,19H,3-9H2,1-2H3. The Balaban J connectivity index is 1.92. The largest absolute Gasteiger partial charge is 0.313 e. The smallest absolute Gasteiger partial charge is 0.126 e. The van der Waals surface area contributed by atoms with E-state index in [2.05, 4.69) is 22.2 Å². The van der Waals surface area contributed by atoms with E-state index in [9.17, 15) is 8.78 Å². The van der Waals surface area contributed by atoms with Gasteiger partial charge in [-0.1, -0.05) is 0 Å². The van der Waals surface area contributed by atoms with Crippen LogP contribution in [0.1, 0.15) is 24.4 Å². The van der Waals surface area contributed by atoms with Crippen LogP contribution in [0.5, 0.6) is 0 Å². The van der Waals surface area contributed by atoms with Crippen LogP contribution in [0.15, 0.2) is 18.2 Å². The van der Waals surface area contributed by atoms with Crippen molar-refractivity contribution in [1.82, 2.24) is 15.1 Å². The van der Waals surface area contributed by atoms with E-state index >= 15 is 0 Å². The van der Waals surface area contributed by atoms with Crippen molar-refractivity contribution in [2.75, 3.05) is 46.8 Å². The third-order valence-corrected chi connectivity index (χ3v) is 4.18. The van der Waals surface area contributed by atoms with Crippen molar-refractivity contribution in [3.8, 4) is 0 Å². The molecule has 1 heterocycles. The monoisotopic (exact) mass is 297 g/mol. The summed E-state index contributed by atoms with van der Waals surface area (Å²) < 4.78 is 26.7. The molecule has 3 nitrogen and oxygen atoms in total. The summed E-state index contributed by atoms with van der Waals surface area (Å²) >= 11 is 0. The second-order valence-corrected chi connectivity index (χ2v) is 5.83. The number of likely N-dealkylation sites (N-methyl/N-ethyl adjacent to an activating group) is 1. The Hall–Kier alpha value is -1.04. The molecule has 21 heavy (non-hydrogen) atoms. The van der Waals surface area contributed by atoms with Crippen LogP contribution in [0, 0.1) is 11.6 Å². The van der Waals surface area contributed by atoms with E-state index < -0.39 is 11.6 Å². The maximum absolute atomic E-state index is 13.3. The minimum absolute atomic E-state index is 0.0174. The first-order valence-electron chi connectivity index (χ1n) is 7.62. The van der Waals surface area contributed by atoms with Crippen LogP contribution < -0.4 is 5.32 Å². The molecule has 0 aliphatic carbocycles. The minimum atomic E-state index is -0.512. The van der Waals surface area contributed by atoms with E-state index in [4.69, 9.17) is 0 Å². The summed E-state index contributed by atoms with van der Waals surface area (Å²) in [5.41, 5.74) is 0.682. The molecule has 2 rings (SSSR count). The second-order valence-electron chi connectivity index (χ2n) is 5.83. The van der Waals surface area contributed by atoms with Crippen molar-refractivity contribution in [2.24, 2.45) is 0 Å². The fourth-order valence-corrected chi connectivity index (χ4v) is 2.89. The second kappa shape index (κ2) is 7.82. The highest BCUT2D eigenvalue weighted by Gasteiger charge is 2.16. The third kappa shape index (κ3) is 5.02. The Morgan fingerprint density at radius 1 is 1.10 bits per heavy atom. The molecule has 5 heteroatoms. The highest BCUT2D eigenvalue weighted by molar-refractivity contribution is 5.21. The normalized spacial score (nSPS) is 19.4. The first-order valence-corrected chi connectivity index (χ1v) is 7.62. The van der Waals surface area contributed by atoms with Crippen molar-refractivity contribution in [1.29, 1.82) is 0 Å². The van der Waals surface area contributed by atoms with E-state index in [1.165, 1.54) is 18.6 Å². The van der Waals surface area contributed by atoms with Gasteiger partial charge in [0.2, 0.25) is 0 Å². The molecular formula is C16H25F2N3. The molecule has 1 aromatic carbocycles. The van der Waals surface area contributed by atoms with Gasteiger partial charge in [-0.05, 0) is 64.3 Å². The molecule has 1 atom stereocenters. The van der Waals surface area contributed by atoms with Gasteiger partial charge in [-0.3, -0.25) is 0 Å². The molecule has 118 valence electrons. The molecule has 1 aliphatic rings. The Bertz CT molecular complexity index is 433. The van der Waals surface area contributed by atoms with Crippen LogP contribution >= 0.6 is 0 Å². The van der Waals surface area contributed by atoms with E-state index in [0.29, 0.717) is 5.56 Å². The summed E-state index contributed by atoms with van der Waals surface area (Å²) in [4.78, 5) is 4.78. The van der Waals surface area contributed by atoms with Crippen LogP contribution in [0.2, 0.25) is 0 Å². The Labute approximate surface area is 125 Å². The number of benzene rings is 1. The van der Waals surface area contributed by atoms with Gasteiger partial charge in [0.15, 0.2) is 0 Å². The van der Waals surface area contributed by atoms with Gasteiger partial charge in [-0.15, -0.1) is 0 Å². The van der Waals surface area contributed by atoms with Crippen molar-refractivity contribution >= 4 is 0 Å². The third-order valence-electron chi connectivity index (χ3n) is 4.18. The lowest BCUT2D eigenvalue weighted by Crippen LogP contribution is -2.32. The number of nitrogens with zero attached hydrogens (tertiary/aromatic N) is 2. The summed E-state index contributed by atoms with van der Waals surface area (Å²) in [7, 11) is 3.99. The molecule has 0 aromatic heterocycles. The van der Waals surface area contributed by atoms with Gasteiger partial charge in [-0.25, -0.2) is 8.78 Å². The summed E-state index contributed by atoms with van der Waals surface area (Å²) in [6.07, 6.45) is 2.03. The molecule has 0 radical (unpaired) electrons. The average Bonchev–Trinajstić information content (AvgIpc) is 2.63. The maximum atomic E-state index is 13.3.